The Morgan fingerprint density at radius 3 is 2.23 bits per heavy atom. The third kappa shape index (κ3) is 1.57. The van der Waals surface area contributed by atoms with E-state index in [9.17, 15) is 4.79 Å². The number of Topliss-reactive ketones (excluding diaryl/α,β-unsaturated/α-hetero) is 1. The van der Waals surface area contributed by atoms with Crippen LogP contribution in [0.4, 0.5) is 5.69 Å². The fourth-order valence-corrected chi connectivity index (χ4v) is 1.39. The molecule has 0 aromatic heterocycles. The van der Waals surface area contributed by atoms with E-state index >= 15 is 0 Å². The van der Waals surface area contributed by atoms with Gasteiger partial charge in [0.15, 0.2) is 5.78 Å². The first kappa shape index (κ1) is 9.78. The fourth-order valence-electron chi connectivity index (χ4n) is 1.39. The summed E-state index contributed by atoms with van der Waals surface area (Å²) >= 11 is 0. The second-order valence-corrected chi connectivity index (χ2v) is 3.46. The van der Waals surface area contributed by atoms with Crippen LogP contribution in [0.5, 0.6) is 0 Å². The van der Waals surface area contributed by atoms with E-state index in [0.29, 0.717) is 11.3 Å². The Morgan fingerprint density at radius 1 is 1.23 bits per heavy atom. The predicted octanol–water partition coefficient (Wildman–Crippen LogP) is 2.40. The van der Waals surface area contributed by atoms with Crippen LogP contribution >= 0.6 is 0 Å². The molecule has 1 aromatic rings. The average molecular weight is 177 g/mol. The molecule has 2 heteroatoms. The Bertz CT molecular complexity index is 367. The molecular weight excluding hydrogens is 162 g/mol. The number of aryl methyl sites for hydroxylation is 1. The molecular formula is C11H15NO. The molecule has 1 aromatic carbocycles. The summed E-state index contributed by atoms with van der Waals surface area (Å²) < 4.78 is 0. The monoisotopic (exact) mass is 177 g/mol. The molecule has 0 spiro atoms. The van der Waals surface area contributed by atoms with Crippen molar-refractivity contribution in [1.29, 1.82) is 0 Å². The van der Waals surface area contributed by atoms with Gasteiger partial charge in [-0.15, -0.1) is 0 Å². The van der Waals surface area contributed by atoms with E-state index in [0.717, 1.165) is 11.1 Å². The number of carbonyl (C=O) groups is 1. The van der Waals surface area contributed by atoms with Gasteiger partial charge in [0.05, 0.1) is 0 Å². The number of carbonyl (C=O) groups excluding carboxylic acids is 1. The van der Waals surface area contributed by atoms with E-state index in [1.807, 2.05) is 26.8 Å². The van der Waals surface area contributed by atoms with Crippen LogP contribution in [0, 0.1) is 20.8 Å². The molecule has 70 valence electrons. The van der Waals surface area contributed by atoms with Gasteiger partial charge in [-0.05, 0) is 50.5 Å². The van der Waals surface area contributed by atoms with Crippen LogP contribution in [0.15, 0.2) is 6.07 Å². The van der Waals surface area contributed by atoms with Crippen molar-refractivity contribution in [2.45, 2.75) is 27.7 Å². The van der Waals surface area contributed by atoms with Crippen molar-refractivity contribution in [3.05, 3.63) is 28.3 Å². The first-order valence-corrected chi connectivity index (χ1v) is 4.32. The van der Waals surface area contributed by atoms with Crippen molar-refractivity contribution < 1.29 is 4.79 Å². The molecule has 0 aliphatic rings. The Labute approximate surface area is 78.8 Å². The molecule has 13 heavy (non-hydrogen) atoms. The number of ketones is 1. The Morgan fingerprint density at radius 2 is 1.77 bits per heavy atom. The molecule has 0 heterocycles. The van der Waals surface area contributed by atoms with Crippen molar-refractivity contribution in [2.24, 2.45) is 0 Å². The summed E-state index contributed by atoms with van der Waals surface area (Å²) in [5, 5.41) is 0. The molecule has 0 fully saturated rings. The summed E-state index contributed by atoms with van der Waals surface area (Å²) in [6.07, 6.45) is 0. The zero-order valence-corrected chi connectivity index (χ0v) is 8.56. The van der Waals surface area contributed by atoms with Crippen molar-refractivity contribution in [3.63, 3.8) is 0 Å². The first-order valence-electron chi connectivity index (χ1n) is 4.32. The SMILES string of the molecule is CC(=O)c1cc(C)c(C)c(C)c1N. The summed E-state index contributed by atoms with van der Waals surface area (Å²) in [5.41, 5.74) is 10.4. The van der Waals surface area contributed by atoms with Crippen molar-refractivity contribution in [2.75, 3.05) is 5.73 Å². The third-order valence-corrected chi connectivity index (χ3v) is 2.59. The predicted molar refractivity (Wildman–Crippen MR) is 55.1 cm³/mol. The van der Waals surface area contributed by atoms with E-state index < -0.39 is 0 Å². The zero-order chi connectivity index (χ0) is 10.2. The van der Waals surface area contributed by atoms with Crippen molar-refractivity contribution in [3.8, 4) is 0 Å². The average Bonchev–Trinajstić information content (AvgIpc) is 2.07. The lowest BCUT2D eigenvalue weighted by Gasteiger charge is -2.11. The highest BCUT2D eigenvalue weighted by Crippen LogP contribution is 2.24. The topological polar surface area (TPSA) is 43.1 Å². The van der Waals surface area contributed by atoms with E-state index in [4.69, 9.17) is 5.73 Å². The summed E-state index contributed by atoms with van der Waals surface area (Å²) in [6, 6.07) is 1.86. The van der Waals surface area contributed by atoms with Gasteiger partial charge in [-0.25, -0.2) is 0 Å². The van der Waals surface area contributed by atoms with Crippen LogP contribution in [0.1, 0.15) is 34.0 Å². The quantitative estimate of drug-likeness (QED) is 0.528. The minimum atomic E-state index is 0.0312. The number of nitrogen functional groups attached to an aromatic ring is 1. The number of nitrogens with two attached hydrogens (primary N) is 1. The summed E-state index contributed by atoms with van der Waals surface area (Å²) in [5.74, 6) is 0.0312. The molecule has 0 saturated carbocycles. The first-order chi connectivity index (χ1) is 5.95. The highest BCUT2D eigenvalue weighted by atomic mass is 16.1. The molecule has 0 amide bonds. The van der Waals surface area contributed by atoms with Crippen molar-refractivity contribution in [1.82, 2.24) is 0 Å². The Balaban J connectivity index is 3.50. The van der Waals surface area contributed by atoms with Gasteiger partial charge in [0.2, 0.25) is 0 Å². The van der Waals surface area contributed by atoms with E-state index in [2.05, 4.69) is 0 Å². The molecule has 0 atom stereocenters. The Kier molecular flexibility index (Phi) is 2.41. The Hall–Kier alpha value is -1.31. The van der Waals surface area contributed by atoms with Gasteiger partial charge in [-0.3, -0.25) is 4.79 Å². The third-order valence-electron chi connectivity index (χ3n) is 2.59. The second-order valence-electron chi connectivity index (χ2n) is 3.46. The normalized spacial score (nSPS) is 10.2. The summed E-state index contributed by atoms with van der Waals surface area (Å²) in [4.78, 5) is 11.2. The highest BCUT2D eigenvalue weighted by Gasteiger charge is 2.10. The minimum Gasteiger partial charge on any atom is -0.398 e. The van der Waals surface area contributed by atoms with Gasteiger partial charge in [-0.1, -0.05) is 0 Å². The lowest BCUT2D eigenvalue weighted by Crippen LogP contribution is -2.04. The standard InChI is InChI=1S/C11H15NO/c1-6-5-10(9(4)13)11(12)8(3)7(6)2/h5H,12H2,1-4H3. The van der Waals surface area contributed by atoms with Crippen LogP contribution in [0.25, 0.3) is 0 Å². The van der Waals surface area contributed by atoms with Crippen molar-refractivity contribution >= 4 is 11.5 Å². The largest absolute Gasteiger partial charge is 0.398 e. The zero-order valence-electron chi connectivity index (χ0n) is 8.56. The summed E-state index contributed by atoms with van der Waals surface area (Å²) in [7, 11) is 0. The van der Waals surface area contributed by atoms with Gasteiger partial charge in [0.1, 0.15) is 0 Å². The lowest BCUT2D eigenvalue weighted by molar-refractivity contribution is 0.101. The smallest absolute Gasteiger partial charge is 0.161 e. The molecule has 0 radical (unpaired) electrons. The van der Waals surface area contributed by atoms with Crippen LogP contribution < -0.4 is 5.73 Å². The van der Waals surface area contributed by atoms with Crippen LogP contribution in [0.2, 0.25) is 0 Å². The summed E-state index contributed by atoms with van der Waals surface area (Å²) in [6.45, 7) is 7.50. The van der Waals surface area contributed by atoms with Gasteiger partial charge in [0, 0.05) is 11.3 Å². The molecule has 2 nitrogen and oxygen atoms in total. The molecule has 0 aliphatic heterocycles. The maximum atomic E-state index is 11.2. The molecule has 0 unspecified atom stereocenters. The molecule has 0 aliphatic carbocycles. The van der Waals surface area contributed by atoms with E-state index in [1.54, 1.807) is 6.92 Å². The van der Waals surface area contributed by atoms with E-state index in [-0.39, 0.29) is 5.78 Å². The minimum absolute atomic E-state index is 0.0312. The maximum Gasteiger partial charge on any atom is 0.161 e. The van der Waals surface area contributed by atoms with Crippen LogP contribution in [0.3, 0.4) is 0 Å². The fraction of sp³-hybridized carbons (Fsp3) is 0.364. The van der Waals surface area contributed by atoms with Gasteiger partial charge in [0.25, 0.3) is 0 Å². The van der Waals surface area contributed by atoms with Gasteiger partial charge < -0.3 is 5.73 Å². The van der Waals surface area contributed by atoms with Crippen LogP contribution in [-0.4, -0.2) is 5.78 Å². The molecule has 2 N–H and O–H groups in total. The number of hydrogen-bond acceptors (Lipinski definition) is 2. The second kappa shape index (κ2) is 3.21. The lowest BCUT2D eigenvalue weighted by atomic mass is 9.96. The maximum absolute atomic E-state index is 11.2. The number of hydrogen-bond donors (Lipinski definition) is 1. The molecule has 0 bridgehead atoms. The van der Waals surface area contributed by atoms with Crippen LogP contribution in [-0.2, 0) is 0 Å². The van der Waals surface area contributed by atoms with E-state index in [1.165, 1.54) is 5.56 Å². The van der Waals surface area contributed by atoms with Gasteiger partial charge in [-0.2, -0.15) is 0 Å². The molecule has 0 saturated heterocycles. The highest BCUT2D eigenvalue weighted by molar-refractivity contribution is 6.00. The number of anilines is 1. The molecule has 1 rings (SSSR count). The number of rotatable bonds is 1. The van der Waals surface area contributed by atoms with Gasteiger partial charge >= 0.3 is 0 Å². The number of benzene rings is 1.